The van der Waals surface area contributed by atoms with Gasteiger partial charge in [-0.15, -0.1) is 0 Å². The molecule has 0 N–H and O–H groups in total. The third-order valence-electron chi connectivity index (χ3n) is 5.27. The van der Waals surface area contributed by atoms with Crippen LogP contribution in [0.3, 0.4) is 0 Å². The summed E-state index contributed by atoms with van der Waals surface area (Å²) >= 11 is 5.94. The monoisotopic (exact) mass is 509 g/mol. The molecule has 0 spiro atoms. The van der Waals surface area contributed by atoms with Gasteiger partial charge in [0, 0.05) is 31.2 Å². The largest absolute Gasteiger partial charge is 0.492 e. The van der Waals surface area contributed by atoms with Crippen molar-refractivity contribution in [3.63, 3.8) is 0 Å². The van der Waals surface area contributed by atoms with Crippen molar-refractivity contribution in [1.82, 2.24) is 9.80 Å². The first-order chi connectivity index (χ1) is 16.3. The number of carbonyl (C=O) groups excluding carboxylic acids is 2. The lowest BCUT2D eigenvalue weighted by atomic mass is 10.2. The zero-order chi connectivity index (χ0) is 24.7. The summed E-state index contributed by atoms with van der Waals surface area (Å²) in [6, 6.07) is 12.4. The van der Waals surface area contributed by atoms with Gasteiger partial charge in [0.05, 0.1) is 23.8 Å². The number of carbonyl (C=O) groups is 2. The van der Waals surface area contributed by atoms with Gasteiger partial charge in [-0.05, 0) is 50.2 Å². The number of amides is 2. The van der Waals surface area contributed by atoms with Crippen molar-refractivity contribution < 1.29 is 27.5 Å². The second kappa shape index (κ2) is 11.4. The predicted octanol–water partition coefficient (Wildman–Crippen LogP) is 3.23. The highest BCUT2D eigenvalue weighted by Crippen LogP contribution is 2.33. The Morgan fingerprint density at radius 1 is 0.941 bits per heavy atom. The number of anilines is 1. The maximum atomic E-state index is 13.6. The molecule has 0 saturated carbocycles. The fourth-order valence-corrected chi connectivity index (χ4v) is 5.10. The second-order valence-corrected chi connectivity index (χ2v) is 9.73. The van der Waals surface area contributed by atoms with E-state index in [0.717, 1.165) is 4.31 Å². The minimum Gasteiger partial charge on any atom is -0.492 e. The molecular weight excluding hydrogens is 482 g/mol. The highest BCUT2D eigenvalue weighted by molar-refractivity contribution is 7.92. The first kappa shape index (κ1) is 25.6. The number of piperazine rings is 1. The Balaban J connectivity index is 1.87. The van der Waals surface area contributed by atoms with Gasteiger partial charge in [-0.2, -0.15) is 0 Å². The number of hydrogen-bond donors (Lipinski definition) is 0. The van der Waals surface area contributed by atoms with Crippen LogP contribution in [0.1, 0.15) is 13.8 Å². The van der Waals surface area contributed by atoms with E-state index in [-0.39, 0.29) is 36.2 Å². The lowest BCUT2D eigenvalue weighted by Gasteiger charge is -2.35. The minimum absolute atomic E-state index is 0.00290. The number of halogens is 1. The van der Waals surface area contributed by atoms with Crippen molar-refractivity contribution in [2.45, 2.75) is 18.7 Å². The van der Waals surface area contributed by atoms with Crippen LogP contribution in [0.5, 0.6) is 5.75 Å². The summed E-state index contributed by atoms with van der Waals surface area (Å²) in [5, 5.41) is 0.399. The molecule has 0 unspecified atom stereocenters. The number of benzene rings is 2. The SMILES string of the molecule is CCOC(=O)N1CCN(C(=O)CN(c2ccccc2OCC)S(=O)(=O)c2ccc(Cl)cc2)CC1. The van der Waals surface area contributed by atoms with Crippen molar-refractivity contribution in [1.29, 1.82) is 0 Å². The molecule has 0 bridgehead atoms. The van der Waals surface area contributed by atoms with Crippen LogP contribution in [0.25, 0.3) is 0 Å². The number of rotatable bonds is 8. The van der Waals surface area contributed by atoms with E-state index in [2.05, 4.69) is 0 Å². The van der Waals surface area contributed by atoms with Crippen molar-refractivity contribution in [2.24, 2.45) is 0 Å². The Morgan fingerprint density at radius 2 is 1.56 bits per heavy atom. The molecule has 0 aromatic heterocycles. The van der Waals surface area contributed by atoms with E-state index >= 15 is 0 Å². The molecule has 1 heterocycles. The van der Waals surface area contributed by atoms with Gasteiger partial charge in [-0.1, -0.05) is 23.7 Å². The first-order valence-corrected chi connectivity index (χ1v) is 12.8. The molecule has 0 radical (unpaired) electrons. The molecule has 34 heavy (non-hydrogen) atoms. The van der Waals surface area contributed by atoms with Crippen molar-refractivity contribution >= 4 is 39.3 Å². The quantitative estimate of drug-likeness (QED) is 0.542. The van der Waals surface area contributed by atoms with Crippen molar-refractivity contribution in [3.8, 4) is 5.75 Å². The maximum absolute atomic E-state index is 13.6. The molecule has 2 amide bonds. The summed E-state index contributed by atoms with van der Waals surface area (Å²) in [7, 11) is -4.11. The van der Waals surface area contributed by atoms with E-state index in [0.29, 0.717) is 30.5 Å². The zero-order valence-electron chi connectivity index (χ0n) is 19.1. The van der Waals surface area contributed by atoms with Crippen LogP contribution >= 0.6 is 11.6 Å². The van der Waals surface area contributed by atoms with E-state index < -0.39 is 22.7 Å². The van der Waals surface area contributed by atoms with Gasteiger partial charge >= 0.3 is 6.09 Å². The number of sulfonamides is 1. The number of hydrogen-bond acceptors (Lipinski definition) is 6. The third-order valence-corrected chi connectivity index (χ3v) is 7.30. The van der Waals surface area contributed by atoms with E-state index in [1.54, 1.807) is 43.0 Å². The van der Waals surface area contributed by atoms with E-state index in [4.69, 9.17) is 21.1 Å². The highest BCUT2D eigenvalue weighted by Gasteiger charge is 2.32. The van der Waals surface area contributed by atoms with Crippen LogP contribution in [-0.4, -0.2) is 76.2 Å². The van der Waals surface area contributed by atoms with Crippen LogP contribution in [0.2, 0.25) is 5.02 Å². The Bertz CT molecular complexity index is 1100. The molecule has 9 nitrogen and oxygen atoms in total. The Morgan fingerprint density at radius 3 is 2.18 bits per heavy atom. The summed E-state index contributed by atoms with van der Waals surface area (Å²) in [6.45, 7) is 4.88. The Hall–Kier alpha value is -2.98. The summed E-state index contributed by atoms with van der Waals surface area (Å²) in [5.74, 6) is -0.0326. The van der Waals surface area contributed by atoms with Gasteiger partial charge in [0.25, 0.3) is 10.0 Å². The van der Waals surface area contributed by atoms with Crippen molar-refractivity contribution in [3.05, 3.63) is 53.6 Å². The average molecular weight is 510 g/mol. The minimum atomic E-state index is -4.11. The zero-order valence-corrected chi connectivity index (χ0v) is 20.7. The normalized spacial score (nSPS) is 14.0. The molecule has 1 fully saturated rings. The smallest absolute Gasteiger partial charge is 0.409 e. The summed E-state index contributed by atoms with van der Waals surface area (Å²) in [4.78, 5) is 28.2. The summed E-state index contributed by atoms with van der Waals surface area (Å²) in [6.07, 6.45) is -0.424. The van der Waals surface area contributed by atoms with Crippen LogP contribution < -0.4 is 9.04 Å². The first-order valence-electron chi connectivity index (χ1n) is 11.0. The van der Waals surface area contributed by atoms with Crippen LogP contribution in [0.15, 0.2) is 53.4 Å². The maximum Gasteiger partial charge on any atom is 0.409 e. The molecule has 1 aliphatic rings. The number of para-hydroxylation sites is 2. The highest BCUT2D eigenvalue weighted by atomic mass is 35.5. The second-order valence-electron chi connectivity index (χ2n) is 7.43. The fourth-order valence-electron chi connectivity index (χ4n) is 3.55. The molecule has 1 saturated heterocycles. The van der Waals surface area contributed by atoms with Crippen LogP contribution in [-0.2, 0) is 19.6 Å². The van der Waals surface area contributed by atoms with Gasteiger partial charge in [0.1, 0.15) is 12.3 Å². The topological polar surface area (TPSA) is 96.5 Å². The lowest BCUT2D eigenvalue weighted by molar-refractivity contribution is -0.131. The van der Waals surface area contributed by atoms with Gasteiger partial charge in [0.15, 0.2) is 0 Å². The van der Waals surface area contributed by atoms with Gasteiger partial charge in [-0.25, -0.2) is 13.2 Å². The summed E-state index contributed by atoms with van der Waals surface area (Å²) in [5.41, 5.74) is 0.262. The molecule has 0 atom stereocenters. The Labute approximate surface area is 204 Å². The Kier molecular flexibility index (Phi) is 8.62. The average Bonchev–Trinajstić information content (AvgIpc) is 2.83. The molecule has 2 aromatic rings. The molecule has 0 aliphatic carbocycles. The molecular formula is C23H28ClN3O6S. The van der Waals surface area contributed by atoms with Crippen LogP contribution in [0.4, 0.5) is 10.5 Å². The molecule has 3 rings (SSSR count). The van der Waals surface area contributed by atoms with E-state index in [9.17, 15) is 18.0 Å². The number of nitrogens with zero attached hydrogens (tertiary/aromatic N) is 3. The van der Waals surface area contributed by atoms with Gasteiger partial charge < -0.3 is 19.3 Å². The summed E-state index contributed by atoms with van der Waals surface area (Å²) < 4.78 is 39.0. The van der Waals surface area contributed by atoms with Gasteiger partial charge in [0.2, 0.25) is 5.91 Å². The van der Waals surface area contributed by atoms with Crippen molar-refractivity contribution in [2.75, 3.05) is 50.2 Å². The molecule has 184 valence electrons. The molecule has 2 aromatic carbocycles. The van der Waals surface area contributed by atoms with E-state index in [1.165, 1.54) is 29.2 Å². The standard InChI is InChI=1S/C23H28ClN3O6S/c1-3-32-21-8-6-5-7-20(21)27(34(30,31)19-11-9-18(24)10-12-19)17-22(28)25-13-15-26(16-14-25)23(29)33-4-2/h5-12H,3-4,13-17H2,1-2H3. The lowest BCUT2D eigenvalue weighted by Crippen LogP contribution is -2.53. The number of ether oxygens (including phenoxy) is 2. The van der Waals surface area contributed by atoms with E-state index in [1.807, 2.05) is 0 Å². The van der Waals surface area contributed by atoms with Gasteiger partial charge in [-0.3, -0.25) is 9.10 Å². The third kappa shape index (κ3) is 5.92. The predicted molar refractivity (Wildman–Crippen MR) is 129 cm³/mol. The molecule has 11 heteroatoms. The fraction of sp³-hybridized carbons (Fsp3) is 0.391. The van der Waals surface area contributed by atoms with Crippen LogP contribution in [0, 0.1) is 0 Å². The molecule has 1 aliphatic heterocycles.